The maximum atomic E-state index is 12.4. The van der Waals surface area contributed by atoms with Crippen LogP contribution in [0.1, 0.15) is 34.3 Å². The Balaban J connectivity index is 1.41. The number of hydrogen-bond acceptors (Lipinski definition) is 6. The normalized spacial score (nSPS) is 15.6. The molecule has 4 rings (SSSR count). The monoisotopic (exact) mass is 340 g/mol. The Morgan fingerprint density at radius 1 is 1.21 bits per heavy atom. The molecular weight excluding hydrogens is 324 g/mol. The summed E-state index contributed by atoms with van der Waals surface area (Å²) < 4.78 is 5.42. The van der Waals surface area contributed by atoms with Gasteiger partial charge in [0.25, 0.3) is 5.91 Å². The quantitative estimate of drug-likeness (QED) is 0.732. The smallest absolute Gasteiger partial charge is 0.263 e. The fourth-order valence-electron chi connectivity index (χ4n) is 2.89. The minimum Gasteiger partial charge on any atom is -0.339 e. The van der Waals surface area contributed by atoms with Crippen molar-refractivity contribution >= 4 is 17.2 Å². The minimum absolute atomic E-state index is 0.114. The Kier molecular flexibility index (Phi) is 4.08. The van der Waals surface area contributed by atoms with Gasteiger partial charge in [0.15, 0.2) is 0 Å². The highest BCUT2D eigenvalue weighted by molar-refractivity contribution is 7.12. The summed E-state index contributed by atoms with van der Waals surface area (Å²) in [5, 5.41) is 5.96. The molecule has 0 aromatic carbocycles. The van der Waals surface area contributed by atoms with E-state index in [1.165, 1.54) is 11.3 Å². The molecule has 7 heteroatoms. The molecule has 0 aliphatic carbocycles. The Morgan fingerprint density at radius 2 is 2.08 bits per heavy atom. The number of thiophene rings is 1. The lowest BCUT2D eigenvalue weighted by Gasteiger charge is -2.30. The number of likely N-dealkylation sites (tertiary alicyclic amines) is 1. The zero-order valence-electron chi connectivity index (χ0n) is 13.0. The van der Waals surface area contributed by atoms with Crippen molar-refractivity contribution in [2.24, 2.45) is 0 Å². The summed E-state index contributed by atoms with van der Waals surface area (Å²) in [6, 6.07) is 9.38. The summed E-state index contributed by atoms with van der Waals surface area (Å²) in [6.45, 7) is 1.42. The van der Waals surface area contributed by atoms with E-state index in [2.05, 4.69) is 15.1 Å². The number of carbonyl (C=O) groups is 1. The first-order valence-corrected chi connectivity index (χ1v) is 8.77. The second-order valence-corrected chi connectivity index (χ2v) is 6.66. The van der Waals surface area contributed by atoms with Gasteiger partial charge in [0, 0.05) is 25.2 Å². The number of nitrogens with zero attached hydrogens (tertiary/aromatic N) is 4. The number of rotatable bonds is 3. The summed E-state index contributed by atoms with van der Waals surface area (Å²) in [6.07, 6.45) is 3.38. The largest absolute Gasteiger partial charge is 0.339 e. The van der Waals surface area contributed by atoms with Crippen molar-refractivity contribution in [2.45, 2.75) is 18.8 Å². The Hall–Kier alpha value is -2.54. The Morgan fingerprint density at radius 3 is 2.79 bits per heavy atom. The van der Waals surface area contributed by atoms with Crippen molar-refractivity contribution < 1.29 is 9.32 Å². The minimum atomic E-state index is 0.114. The highest BCUT2D eigenvalue weighted by Gasteiger charge is 2.28. The lowest BCUT2D eigenvalue weighted by Crippen LogP contribution is -2.37. The van der Waals surface area contributed by atoms with Gasteiger partial charge in [-0.1, -0.05) is 17.3 Å². The molecule has 0 radical (unpaired) electrons. The molecule has 3 aromatic heterocycles. The molecule has 1 amide bonds. The third-order valence-electron chi connectivity index (χ3n) is 4.20. The molecule has 1 aliphatic heterocycles. The van der Waals surface area contributed by atoms with Crippen LogP contribution in [0.25, 0.3) is 11.5 Å². The van der Waals surface area contributed by atoms with Crippen LogP contribution in [0.15, 0.2) is 46.4 Å². The van der Waals surface area contributed by atoms with Crippen LogP contribution in [0.5, 0.6) is 0 Å². The van der Waals surface area contributed by atoms with Gasteiger partial charge >= 0.3 is 0 Å². The van der Waals surface area contributed by atoms with E-state index in [-0.39, 0.29) is 11.8 Å². The SMILES string of the molecule is O=C(c1cccs1)N1CCC(c2nc(-c3ccccn3)no2)CC1. The maximum Gasteiger partial charge on any atom is 0.263 e. The third-order valence-corrected chi connectivity index (χ3v) is 5.06. The van der Waals surface area contributed by atoms with Crippen molar-refractivity contribution in [1.29, 1.82) is 0 Å². The predicted octanol–water partition coefficient (Wildman–Crippen LogP) is 3.21. The number of piperidine rings is 1. The first-order chi connectivity index (χ1) is 11.8. The van der Waals surface area contributed by atoms with E-state index in [0.717, 1.165) is 17.7 Å². The molecule has 0 saturated carbocycles. The van der Waals surface area contributed by atoms with Crippen LogP contribution < -0.4 is 0 Å². The molecule has 122 valence electrons. The van der Waals surface area contributed by atoms with E-state index < -0.39 is 0 Å². The number of carbonyl (C=O) groups excluding carboxylic acids is 1. The zero-order chi connectivity index (χ0) is 16.4. The summed E-state index contributed by atoms with van der Waals surface area (Å²) >= 11 is 1.48. The zero-order valence-corrected chi connectivity index (χ0v) is 13.8. The van der Waals surface area contributed by atoms with Crippen molar-refractivity contribution in [3.63, 3.8) is 0 Å². The van der Waals surface area contributed by atoms with Crippen molar-refractivity contribution in [3.8, 4) is 11.5 Å². The van der Waals surface area contributed by atoms with Crippen LogP contribution in [0.3, 0.4) is 0 Å². The van der Waals surface area contributed by atoms with Gasteiger partial charge in [-0.2, -0.15) is 4.98 Å². The van der Waals surface area contributed by atoms with Crippen LogP contribution in [0, 0.1) is 0 Å². The van der Waals surface area contributed by atoms with E-state index >= 15 is 0 Å². The van der Waals surface area contributed by atoms with Crippen LogP contribution >= 0.6 is 11.3 Å². The summed E-state index contributed by atoms with van der Waals surface area (Å²) in [5.74, 6) is 1.46. The molecular formula is C17H16N4O2S. The van der Waals surface area contributed by atoms with E-state index in [1.807, 2.05) is 40.6 Å². The van der Waals surface area contributed by atoms with Gasteiger partial charge in [0.05, 0.1) is 4.88 Å². The fourth-order valence-corrected chi connectivity index (χ4v) is 3.58. The Labute approximate surface area is 143 Å². The van der Waals surface area contributed by atoms with Gasteiger partial charge in [-0.25, -0.2) is 0 Å². The van der Waals surface area contributed by atoms with Gasteiger partial charge in [-0.15, -0.1) is 11.3 Å². The molecule has 24 heavy (non-hydrogen) atoms. The van der Waals surface area contributed by atoms with Crippen LogP contribution in [-0.4, -0.2) is 39.0 Å². The number of hydrogen-bond donors (Lipinski definition) is 0. The van der Waals surface area contributed by atoms with Gasteiger partial charge in [-0.3, -0.25) is 9.78 Å². The molecule has 0 atom stereocenters. The molecule has 0 spiro atoms. The number of pyridine rings is 1. The average molecular weight is 340 g/mol. The van der Waals surface area contributed by atoms with Crippen LogP contribution in [0.2, 0.25) is 0 Å². The van der Waals surface area contributed by atoms with Crippen molar-refractivity contribution in [3.05, 3.63) is 52.7 Å². The molecule has 0 N–H and O–H groups in total. The average Bonchev–Trinajstić information content (AvgIpc) is 3.34. The van der Waals surface area contributed by atoms with E-state index in [0.29, 0.717) is 30.5 Å². The fraction of sp³-hybridized carbons (Fsp3) is 0.294. The van der Waals surface area contributed by atoms with E-state index in [1.54, 1.807) is 6.20 Å². The molecule has 1 aliphatic rings. The molecule has 1 fully saturated rings. The van der Waals surface area contributed by atoms with E-state index in [4.69, 9.17) is 4.52 Å². The highest BCUT2D eigenvalue weighted by atomic mass is 32.1. The van der Waals surface area contributed by atoms with Crippen LogP contribution in [0.4, 0.5) is 0 Å². The predicted molar refractivity (Wildman–Crippen MR) is 89.7 cm³/mol. The number of aromatic nitrogens is 3. The molecule has 3 aromatic rings. The molecule has 0 bridgehead atoms. The molecule has 0 unspecified atom stereocenters. The van der Waals surface area contributed by atoms with Gasteiger partial charge in [-0.05, 0) is 36.4 Å². The van der Waals surface area contributed by atoms with Crippen molar-refractivity contribution in [1.82, 2.24) is 20.0 Å². The summed E-state index contributed by atoms with van der Waals surface area (Å²) in [4.78, 5) is 23.8. The second kappa shape index (κ2) is 6.52. The summed E-state index contributed by atoms with van der Waals surface area (Å²) in [7, 11) is 0. The van der Waals surface area contributed by atoms with Gasteiger partial charge in [0.1, 0.15) is 5.69 Å². The maximum absolute atomic E-state index is 12.4. The first kappa shape index (κ1) is 15.0. The van der Waals surface area contributed by atoms with Gasteiger partial charge in [0.2, 0.25) is 11.7 Å². The first-order valence-electron chi connectivity index (χ1n) is 7.89. The lowest BCUT2D eigenvalue weighted by atomic mass is 9.96. The van der Waals surface area contributed by atoms with E-state index in [9.17, 15) is 4.79 Å². The third kappa shape index (κ3) is 2.94. The van der Waals surface area contributed by atoms with Gasteiger partial charge < -0.3 is 9.42 Å². The Bertz CT molecular complexity index is 808. The molecule has 4 heterocycles. The summed E-state index contributed by atoms with van der Waals surface area (Å²) in [5.41, 5.74) is 0.706. The molecule has 6 nitrogen and oxygen atoms in total. The standard InChI is InChI=1S/C17H16N4O2S/c22-17(14-5-3-11-24-14)21-9-6-12(7-10-21)16-19-15(20-23-16)13-4-1-2-8-18-13/h1-5,8,11-12H,6-7,9-10H2. The molecule has 1 saturated heterocycles. The van der Waals surface area contributed by atoms with Crippen molar-refractivity contribution in [2.75, 3.05) is 13.1 Å². The lowest BCUT2D eigenvalue weighted by molar-refractivity contribution is 0.0709. The highest BCUT2D eigenvalue weighted by Crippen LogP contribution is 2.29. The van der Waals surface area contributed by atoms with Crippen LogP contribution in [-0.2, 0) is 0 Å². The number of amides is 1. The topological polar surface area (TPSA) is 72.1 Å². The second-order valence-electron chi connectivity index (χ2n) is 5.71.